The number of nitrogens with zero attached hydrogens (tertiary/aromatic N) is 7. The van der Waals surface area contributed by atoms with Gasteiger partial charge < -0.3 is 49.8 Å². The van der Waals surface area contributed by atoms with E-state index in [1.807, 2.05) is 18.2 Å². The van der Waals surface area contributed by atoms with Crippen LogP contribution in [0.15, 0.2) is 54.6 Å². The van der Waals surface area contributed by atoms with Crippen LogP contribution in [0.25, 0.3) is 0 Å². The number of oxime groups is 1. The minimum absolute atomic E-state index is 0.0297. The first kappa shape index (κ1) is 75.4. The molecular weight excluding hydrogens is 1060 g/mol. The Bertz CT molecular complexity index is 1910. The number of hydrogen-bond acceptors (Lipinski definition) is 13. The van der Waals surface area contributed by atoms with E-state index in [-0.39, 0.29) is 44.3 Å². The van der Waals surface area contributed by atoms with Crippen LogP contribution >= 0.6 is 30.4 Å². The van der Waals surface area contributed by atoms with E-state index in [0.717, 1.165) is 150 Å². The molecule has 0 atom stereocenters. The molecule has 0 aromatic carbocycles. The third kappa shape index (κ3) is 52.1. The van der Waals surface area contributed by atoms with Gasteiger partial charge in [-0.05, 0) is 83.8 Å². The molecule has 0 fully saturated rings. The number of pyridine rings is 1. The van der Waals surface area contributed by atoms with Gasteiger partial charge in [-0.15, -0.1) is 0 Å². The van der Waals surface area contributed by atoms with Crippen molar-refractivity contribution in [3.8, 4) is 0 Å². The summed E-state index contributed by atoms with van der Waals surface area (Å²) in [4.78, 5) is 94.6. The van der Waals surface area contributed by atoms with E-state index < -0.39 is 30.4 Å². The lowest BCUT2D eigenvalue weighted by Crippen LogP contribution is -2.22. The van der Waals surface area contributed by atoms with Gasteiger partial charge in [0.25, 0.3) is 0 Å². The summed E-state index contributed by atoms with van der Waals surface area (Å²) in [7, 11) is -16.4. The molecule has 0 aliphatic carbocycles. The first-order valence-corrected chi connectivity index (χ1v) is 34.8. The summed E-state index contributed by atoms with van der Waals surface area (Å²) < 4.78 is 44.6. The highest BCUT2D eigenvalue weighted by atomic mass is 31.2. The SMILES string of the molecule is CC(=NO)C(C)=NCc1ccccn1.CCCCCCCC(=NCCCP(=O)(O)O)/C(CCCCCCC)=N\NCCP(=O)(O)O.CCCCCCCC(=NCCP(=O)(O)O)C(CCCCCCC)=NCCP(=O)(O)O. The Balaban J connectivity index is 0. The van der Waals surface area contributed by atoms with E-state index in [1.165, 1.54) is 25.7 Å². The van der Waals surface area contributed by atoms with Gasteiger partial charge in [0.15, 0.2) is 0 Å². The van der Waals surface area contributed by atoms with Crippen LogP contribution in [0, 0.1) is 0 Å². The Morgan fingerprint density at radius 1 is 0.461 bits per heavy atom. The minimum atomic E-state index is -4.12. The highest BCUT2D eigenvalue weighted by Gasteiger charge is 2.17. The van der Waals surface area contributed by atoms with Crippen LogP contribution in [0.2, 0.25) is 0 Å². The van der Waals surface area contributed by atoms with Crippen LogP contribution in [0.5, 0.6) is 0 Å². The number of hydrazone groups is 1. The lowest BCUT2D eigenvalue weighted by molar-refractivity contribution is 0.320. The molecule has 1 heterocycles. The van der Waals surface area contributed by atoms with E-state index in [4.69, 9.17) is 44.4 Å². The number of rotatable bonds is 43. The number of hydrogen-bond donors (Lipinski definition) is 10. The van der Waals surface area contributed by atoms with Gasteiger partial charge >= 0.3 is 30.4 Å². The van der Waals surface area contributed by atoms with Crippen molar-refractivity contribution >= 4 is 64.7 Å². The molecule has 1 rings (SSSR count). The van der Waals surface area contributed by atoms with Crippen molar-refractivity contribution in [3.05, 3.63) is 30.1 Å². The monoisotopic (exact) mass is 1160 g/mol. The molecular formula is C51H100N8O13P4. The normalized spacial score (nSPS) is 13.6. The van der Waals surface area contributed by atoms with Gasteiger partial charge in [0.1, 0.15) is 0 Å². The molecule has 0 aliphatic heterocycles. The van der Waals surface area contributed by atoms with Crippen molar-refractivity contribution in [1.82, 2.24) is 10.4 Å². The smallest absolute Gasteiger partial charge is 0.327 e. The highest BCUT2D eigenvalue weighted by molar-refractivity contribution is 7.52. The maximum absolute atomic E-state index is 11.2. The van der Waals surface area contributed by atoms with Crippen LogP contribution < -0.4 is 5.43 Å². The Kier molecular flexibility index (Phi) is 46.9. The highest BCUT2D eigenvalue weighted by Crippen LogP contribution is 2.36. The van der Waals surface area contributed by atoms with Crippen molar-refractivity contribution in [2.45, 2.75) is 209 Å². The molecule has 21 nitrogen and oxygen atoms in total. The summed E-state index contributed by atoms with van der Waals surface area (Å²) in [6.45, 7) is 13.1. The molecule has 0 unspecified atom stereocenters. The second-order valence-corrected chi connectivity index (χ2v) is 26.0. The molecule has 1 aromatic heterocycles. The number of unbranched alkanes of at least 4 members (excludes halogenated alkanes) is 16. The average Bonchev–Trinajstić information content (AvgIpc) is 3.34. The first-order valence-electron chi connectivity index (χ1n) is 27.6. The van der Waals surface area contributed by atoms with Crippen molar-refractivity contribution in [3.63, 3.8) is 0 Å². The van der Waals surface area contributed by atoms with Gasteiger partial charge in [-0.1, -0.05) is 142 Å². The predicted molar refractivity (Wildman–Crippen MR) is 314 cm³/mol. The molecule has 0 radical (unpaired) electrons. The fourth-order valence-electron chi connectivity index (χ4n) is 7.14. The lowest BCUT2D eigenvalue weighted by atomic mass is 10.0. The minimum Gasteiger partial charge on any atom is -0.411 e. The molecule has 25 heteroatoms. The quantitative estimate of drug-likeness (QED) is 0.00955. The van der Waals surface area contributed by atoms with Gasteiger partial charge in [-0.25, -0.2) is 0 Å². The van der Waals surface area contributed by atoms with Crippen molar-refractivity contribution in [1.29, 1.82) is 0 Å². The zero-order chi connectivity index (χ0) is 57.6. The average molecular weight is 1160 g/mol. The maximum atomic E-state index is 11.2. The Morgan fingerprint density at radius 3 is 1.21 bits per heavy atom. The largest absolute Gasteiger partial charge is 0.411 e. The second kappa shape index (κ2) is 47.2. The van der Waals surface area contributed by atoms with E-state index in [9.17, 15) is 18.3 Å². The maximum Gasteiger partial charge on any atom is 0.327 e. The summed E-state index contributed by atoms with van der Waals surface area (Å²) in [5.41, 5.74) is 8.04. The second-order valence-electron chi connectivity index (χ2n) is 18.9. The molecule has 76 heavy (non-hydrogen) atoms. The van der Waals surface area contributed by atoms with Gasteiger partial charge in [-0.3, -0.25) is 43.2 Å². The van der Waals surface area contributed by atoms with Crippen molar-refractivity contribution in [2.24, 2.45) is 30.2 Å². The zero-order valence-corrected chi connectivity index (χ0v) is 50.5. The molecule has 1 aromatic rings. The molecule has 10 N–H and O–H groups in total. The molecule has 442 valence electrons. The molecule has 0 saturated carbocycles. The lowest BCUT2D eigenvalue weighted by Gasteiger charge is -2.12. The molecule has 0 bridgehead atoms. The van der Waals surface area contributed by atoms with E-state index in [2.05, 4.69) is 68.3 Å². The van der Waals surface area contributed by atoms with E-state index in [1.54, 1.807) is 20.0 Å². The zero-order valence-electron chi connectivity index (χ0n) is 46.9. The standard InChI is InChI=1S/C21H45N3O6P2.C20H42N2O6P2.C10H13N3O/c1-3-5-7-9-11-14-20(22-16-13-18-31(25,26)27)21(15-12-10-8-6-4-2)24-23-17-19-32(28,29)30;1-3-5-7-9-11-13-19(21-15-17-29(23,24)25)20(14-12-10-8-6-4-2)22-16-18-30(26,27)28;1-8(9(2)13-14)12-7-10-5-3-4-6-11-10/h23H,3-19H2,1-2H3,(H2,25,26,27)(H2,28,29,30);3-18H2,1-2H3,(H2,23,24,25)(H2,26,27,28);3-6,14H,7H2,1-2H3/b22-20?,24-21-;;. The molecule has 0 aliphatic rings. The van der Waals surface area contributed by atoms with Crippen LogP contribution in [-0.2, 0) is 24.8 Å². The van der Waals surface area contributed by atoms with E-state index in [0.29, 0.717) is 38.1 Å². The van der Waals surface area contributed by atoms with Gasteiger partial charge in [0.05, 0.1) is 84.2 Å². The topological polar surface area (TPSA) is 349 Å². The Morgan fingerprint density at radius 2 is 0.842 bits per heavy atom. The summed E-state index contributed by atoms with van der Waals surface area (Å²) in [5.74, 6) is 0. The molecule has 0 saturated heterocycles. The summed E-state index contributed by atoms with van der Waals surface area (Å²) in [6, 6.07) is 5.68. The molecule has 0 amide bonds. The predicted octanol–water partition coefficient (Wildman–Crippen LogP) is 11.7. The fraction of sp³-hybridized carbons (Fsp3) is 0.784. The van der Waals surface area contributed by atoms with E-state index >= 15 is 0 Å². The fourth-order valence-corrected chi connectivity index (χ4v) is 8.80. The Labute approximate surface area is 455 Å². The summed E-state index contributed by atoms with van der Waals surface area (Å²) in [5, 5.41) is 16.0. The number of aliphatic imine (C=N–C) groups is 4. The third-order valence-corrected chi connectivity index (χ3v) is 14.9. The van der Waals surface area contributed by atoms with Gasteiger partial charge in [-0.2, -0.15) is 5.10 Å². The van der Waals surface area contributed by atoms with Crippen LogP contribution in [-0.4, -0.2) is 134 Å². The van der Waals surface area contributed by atoms with Crippen molar-refractivity contribution in [2.75, 3.05) is 50.8 Å². The number of nitrogens with one attached hydrogen (secondary N) is 1. The van der Waals surface area contributed by atoms with Gasteiger partial charge in [0.2, 0.25) is 0 Å². The van der Waals surface area contributed by atoms with Crippen LogP contribution in [0.4, 0.5) is 0 Å². The van der Waals surface area contributed by atoms with Crippen molar-refractivity contribution < 1.29 is 62.6 Å². The number of aromatic nitrogens is 1. The van der Waals surface area contributed by atoms with Gasteiger partial charge in [0, 0.05) is 19.3 Å². The Hall–Kier alpha value is -2.63. The molecule has 0 spiro atoms. The van der Waals surface area contributed by atoms with Crippen LogP contribution in [0.3, 0.4) is 0 Å². The first-order chi connectivity index (χ1) is 35.9. The summed E-state index contributed by atoms with van der Waals surface area (Å²) in [6.07, 6.45) is 25.7. The summed E-state index contributed by atoms with van der Waals surface area (Å²) >= 11 is 0. The third-order valence-electron chi connectivity index (χ3n) is 11.6. The van der Waals surface area contributed by atoms with Crippen LogP contribution in [0.1, 0.15) is 208 Å².